The van der Waals surface area contributed by atoms with Gasteiger partial charge in [-0.15, -0.1) is 11.3 Å². The number of carbonyl (C=O) groups is 1. The third-order valence-electron chi connectivity index (χ3n) is 2.58. The number of allylic oxidation sites excluding steroid dienone is 1. The lowest BCUT2D eigenvalue weighted by atomic mass is 10.2. The number of thiophene rings is 1. The van der Waals surface area contributed by atoms with Crippen LogP contribution in [0.25, 0.3) is 6.08 Å². The van der Waals surface area contributed by atoms with E-state index in [1.54, 1.807) is 6.08 Å². The third kappa shape index (κ3) is 3.80. The van der Waals surface area contributed by atoms with E-state index in [1.807, 2.05) is 56.3 Å². The minimum absolute atomic E-state index is 0.0416. The molecule has 0 fully saturated rings. The zero-order valence-corrected chi connectivity index (χ0v) is 11.9. The summed E-state index contributed by atoms with van der Waals surface area (Å²) in [4.78, 5) is 13.9. The first-order valence-electron chi connectivity index (χ1n) is 6.21. The van der Waals surface area contributed by atoms with Gasteiger partial charge in [0.1, 0.15) is 5.75 Å². The van der Waals surface area contributed by atoms with Crippen molar-refractivity contribution in [2.24, 2.45) is 0 Å². The summed E-state index contributed by atoms with van der Waals surface area (Å²) < 4.78 is 5.42. The highest BCUT2D eigenvalue weighted by Crippen LogP contribution is 2.18. The van der Waals surface area contributed by atoms with E-state index in [1.165, 1.54) is 11.3 Å². The van der Waals surface area contributed by atoms with E-state index in [9.17, 15) is 4.79 Å². The molecule has 98 valence electrons. The maximum absolute atomic E-state index is 11.9. The molecule has 0 aliphatic rings. The Bertz CT molecular complexity index is 596. The Balaban J connectivity index is 2.09. The molecule has 0 bridgehead atoms. The van der Waals surface area contributed by atoms with Crippen LogP contribution in [0.1, 0.15) is 27.0 Å². The fourth-order valence-corrected chi connectivity index (χ4v) is 2.48. The molecule has 19 heavy (non-hydrogen) atoms. The van der Waals surface area contributed by atoms with Crippen molar-refractivity contribution in [3.63, 3.8) is 0 Å². The van der Waals surface area contributed by atoms with Gasteiger partial charge in [0, 0.05) is 4.88 Å². The summed E-state index contributed by atoms with van der Waals surface area (Å²) in [7, 11) is 0. The van der Waals surface area contributed by atoms with Gasteiger partial charge >= 0.3 is 0 Å². The van der Waals surface area contributed by atoms with Crippen LogP contribution in [0.3, 0.4) is 0 Å². The molecule has 0 radical (unpaired) electrons. The van der Waals surface area contributed by atoms with Crippen LogP contribution in [0, 0.1) is 6.92 Å². The monoisotopic (exact) mass is 272 g/mol. The lowest BCUT2D eigenvalue weighted by Gasteiger charge is -2.02. The molecule has 0 N–H and O–H groups in total. The van der Waals surface area contributed by atoms with Crippen molar-refractivity contribution in [2.75, 3.05) is 6.61 Å². The van der Waals surface area contributed by atoms with Gasteiger partial charge < -0.3 is 4.74 Å². The van der Waals surface area contributed by atoms with Crippen LogP contribution in [-0.2, 0) is 0 Å². The van der Waals surface area contributed by atoms with Crippen LogP contribution >= 0.6 is 11.3 Å². The summed E-state index contributed by atoms with van der Waals surface area (Å²) in [5.74, 6) is 0.865. The second-order valence-electron chi connectivity index (χ2n) is 4.11. The molecule has 3 heteroatoms. The van der Waals surface area contributed by atoms with Gasteiger partial charge in [-0.25, -0.2) is 0 Å². The fraction of sp³-hybridized carbons (Fsp3) is 0.188. The van der Waals surface area contributed by atoms with E-state index in [2.05, 4.69) is 0 Å². The fourth-order valence-electron chi connectivity index (χ4n) is 1.70. The molecule has 1 heterocycles. The van der Waals surface area contributed by atoms with E-state index in [0.717, 1.165) is 21.1 Å². The number of hydrogen-bond donors (Lipinski definition) is 0. The topological polar surface area (TPSA) is 26.3 Å². The maximum Gasteiger partial charge on any atom is 0.195 e. The molecule has 0 aliphatic carbocycles. The van der Waals surface area contributed by atoms with Crippen molar-refractivity contribution in [1.29, 1.82) is 0 Å². The minimum atomic E-state index is 0.0416. The Labute approximate surface area is 117 Å². The highest BCUT2D eigenvalue weighted by molar-refractivity contribution is 7.14. The summed E-state index contributed by atoms with van der Waals surface area (Å²) in [5, 5.41) is 0. The lowest BCUT2D eigenvalue weighted by molar-refractivity contribution is 0.105. The van der Waals surface area contributed by atoms with E-state index >= 15 is 0 Å². The normalized spacial score (nSPS) is 10.8. The number of aryl methyl sites for hydroxylation is 1. The average Bonchev–Trinajstić information content (AvgIpc) is 2.84. The molecule has 0 saturated carbocycles. The van der Waals surface area contributed by atoms with Gasteiger partial charge in [0.2, 0.25) is 0 Å². The Morgan fingerprint density at radius 2 is 2.16 bits per heavy atom. The predicted molar refractivity (Wildman–Crippen MR) is 80.0 cm³/mol. The summed E-state index contributed by atoms with van der Waals surface area (Å²) in [5.41, 5.74) is 0.965. The van der Waals surface area contributed by atoms with Crippen LogP contribution in [0.5, 0.6) is 5.75 Å². The van der Waals surface area contributed by atoms with Crippen LogP contribution in [0.2, 0.25) is 0 Å². The molecule has 0 spiro atoms. The van der Waals surface area contributed by atoms with Crippen LogP contribution in [-0.4, -0.2) is 12.4 Å². The molecule has 2 aromatic rings. The van der Waals surface area contributed by atoms with Gasteiger partial charge in [0.25, 0.3) is 0 Å². The molecule has 2 nitrogen and oxygen atoms in total. The second kappa shape index (κ2) is 6.34. The van der Waals surface area contributed by atoms with Crippen LogP contribution in [0.4, 0.5) is 0 Å². The number of hydrogen-bond acceptors (Lipinski definition) is 3. The first-order chi connectivity index (χ1) is 9.19. The predicted octanol–water partition coefficient (Wildman–Crippen LogP) is 4.35. The van der Waals surface area contributed by atoms with E-state index in [4.69, 9.17) is 4.74 Å². The van der Waals surface area contributed by atoms with Crippen molar-refractivity contribution in [2.45, 2.75) is 13.8 Å². The Morgan fingerprint density at radius 1 is 1.32 bits per heavy atom. The molecular weight excluding hydrogens is 256 g/mol. The number of ether oxygens (including phenoxy) is 1. The quantitative estimate of drug-likeness (QED) is 0.597. The number of benzene rings is 1. The Morgan fingerprint density at radius 3 is 2.84 bits per heavy atom. The average molecular weight is 272 g/mol. The highest BCUT2D eigenvalue weighted by Gasteiger charge is 2.03. The van der Waals surface area contributed by atoms with Crippen molar-refractivity contribution in [3.05, 3.63) is 57.8 Å². The van der Waals surface area contributed by atoms with Crippen molar-refractivity contribution < 1.29 is 9.53 Å². The lowest BCUT2D eigenvalue weighted by Crippen LogP contribution is -1.91. The molecule has 0 atom stereocenters. The molecule has 1 aromatic carbocycles. The van der Waals surface area contributed by atoms with E-state index in [0.29, 0.717) is 6.61 Å². The number of carbonyl (C=O) groups excluding carboxylic acids is 1. The van der Waals surface area contributed by atoms with Crippen LogP contribution < -0.4 is 4.74 Å². The van der Waals surface area contributed by atoms with Gasteiger partial charge in [-0.2, -0.15) is 0 Å². The van der Waals surface area contributed by atoms with E-state index < -0.39 is 0 Å². The Hall–Kier alpha value is -1.87. The number of rotatable bonds is 5. The zero-order valence-electron chi connectivity index (χ0n) is 11.1. The molecule has 0 unspecified atom stereocenters. The summed E-state index contributed by atoms with van der Waals surface area (Å²) in [6, 6.07) is 11.5. The van der Waals surface area contributed by atoms with E-state index in [-0.39, 0.29) is 5.78 Å². The van der Waals surface area contributed by atoms with Crippen molar-refractivity contribution in [1.82, 2.24) is 0 Å². The van der Waals surface area contributed by atoms with Crippen molar-refractivity contribution in [3.8, 4) is 5.75 Å². The first-order valence-corrected chi connectivity index (χ1v) is 7.02. The second-order valence-corrected chi connectivity index (χ2v) is 5.40. The maximum atomic E-state index is 11.9. The largest absolute Gasteiger partial charge is 0.494 e. The minimum Gasteiger partial charge on any atom is -0.494 e. The number of ketones is 1. The highest BCUT2D eigenvalue weighted by atomic mass is 32.1. The van der Waals surface area contributed by atoms with Crippen molar-refractivity contribution >= 4 is 23.2 Å². The van der Waals surface area contributed by atoms with Gasteiger partial charge in [-0.3, -0.25) is 4.79 Å². The van der Waals surface area contributed by atoms with Crippen LogP contribution in [0.15, 0.2) is 42.5 Å². The molecule has 1 aromatic heterocycles. The molecule has 0 amide bonds. The van der Waals surface area contributed by atoms with Gasteiger partial charge in [0.05, 0.1) is 11.5 Å². The van der Waals surface area contributed by atoms with Gasteiger partial charge in [-0.05, 0) is 49.8 Å². The first kappa shape index (κ1) is 13.6. The molecule has 2 rings (SSSR count). The molecular formula is C16H16O2S. The van der Waals surface area contributed by atoms with Gasteiger partial charge in [-0.1, -0.05) is 18.2 Å². The molecule has 0 saturated heterocycles. The van der Waals surface area contributed by atoms with Gasteiger partial charge in [0.15, 0.2) is 5.78 Å². The SMILES string of the molecule is CCOc1cccc(C=CC(=O)c2ccc(C)s2)c1. The molecule has 0 aliphatic heterocycles. The summed E-state index contributed by atoms with van der Waals surface area (Å²) in [6.07, 6.45) is 3.43. The summed E-state index contributed by atoms with van der Waals surface area (Å²) >= 11 is 1.52. The third-order valence-corrected chi connectivity index (χ3v) is 3.59. The standard InChI is InChI=1S/C16H16O2S/c1-3-18-14-6-4-5-13(11-14)8-9-15(17)16-10-7-12(2)19-16/h4-11H,3H2,1-2H3. The smallest absolute Gasteiger partial charge is 0.195 e. The summed E-state index contributed by atoms with van der Waals surface area (Å²) in [6.45, 7) is 4.59. The Kier molecular flexibility index (Phi) is 4.53. The zero-order chi connectivity index (χ0) is 13.7.